The van der Waals surface area contributed by atoms with E-state index in [1.807, 2.05) is 0 Å². The highest BCUT2D eigenvalue weighted by molar-refractivity contribution is 9.10. The molecular formula is C14H21BrFNO. The van der Waals surface area contributed by atoms with E-state index in [0.29, 0.717) is 18.9 Å². The molecule has 1 rings (SSSR count). The number of benzene rings is 1. The molecule has 1 aromatic carbocycles. The molecule has 18 heavy (non-hydrogen) atoms. The first-order chi connectivity index (χ1) is 8.30. The third-order valence-corrected chi connectivity index (χ3v) is 3.57. The average molecular weight is 318 g/mol. The maximum atomic E-state index is 13.2. The Labute approximate surface area is 117 Å². The third kappa shape index (κ3) is 5.46. The van der Waals surface area contributed by atoms with Crippen molar-refractivity contribution in [3.8, 4) is 0 Å². The standard InChI is InChI=1S/C14H21BrFNO/c1-10(2)17-7-6-14(3,18)9-11-8-12(16)4-5-13(11)15/h4-5,8,10,17-18H,6-7,9H2,1-3H3. The smallest absolute Gasteiger partial charge is 0.123 e. The van der Waals surface area contributed by atoms with Gasteiger partial charge in [0.1, 0.15) is 5.82 Å². The number of rotatable bonds is 6. The molecule has 1 atom stereocenters. The summed E-state index contributed by atoms with van der Waals surface area (Å²) in [6.45, 7) is 6.67. The SMILES string of the molecule is CC(C)NCCC(C)(O)Cc1cc(F)ccc1Br. The van der Waals surface area contributed by atoms with E-state index in [-0.39, 0.29) is 5.82 Å². The van der Waals surface area contributed by atoms with Gasteiger partial charge in [-0.2, -0.15) is 0 Å². The van der Waals surface area contributed by atoms with Crippen molar-refractivity contribution in [2.75, 3.05) is 6.54 Å². The molecule has 0 aliphatic rings. The van der Waals surface area contributed by atoms with E-state index >= 15 is 0 Å². The molecule has 0 saturated heterocycles. The maximum Gasteiger partial charge on any atom is 0.123 e. The second-order valence-electron chi connectivity index (χ2n) is 5.27. The molecule has 1 unspecified atom stereocenters. The first kappa shape index (κ1) is 15.6. The van der Waals surface area contributed by atoms with E-state index in [4.69, 9.17) is 0 Å². The van der Waals surface area contributed by atoms with Crippen molar-refractivity contribution < 1.29 is 9.50 Å². The van der Waals surface area contributed by atoms with Gasteiger partial charge in [-0.1, -0.05) is 29.8 Å². The first-order valence-electron chi connectivity index (χ1n) is 6.20. The van der Waals surface area contributed by atoms with E-state index in [2.05, 4.69) is 35.1 Å². The fraction of sp³-hybridized carbons (Fsp3) is 0.571. The summed E-state index contributed by atoms with van der Waals surface area (Å²) in [5.41, 5.74) is -0.0392. The van der Waals surface area contributed by atoms with Crippen molar-refractivity contribution in [3.05, 3.63) is 34.1 Å². The second-order valence-corrected chi connectivity index (χ2v) is 6.12. The van der Waals surface area contributed by atoms with Crippen LogP contribution in [0.4, 0.5) is 4.39 Å². The largest absolute Gasteiger partial charge is 0.390 e. The van der Waals surface area contributed by atoms with Crippen molar-refractivity contribution in [1.29, 1.82) is 0 Å². The number of hydrogen-bond acceptors (Lipinski definition) is 2. The first-order valence-corrected chi connectivity index (χ1v) is 6.99. The van der Waals surface area contributed by atoms with Gasteiger partial charge in [-0.3, -0.25) is 0 Å². The Kier molecular flexibility index (Phi) is 5.76. The Hall–Kier alpha value is -0.450. The molecule has 102 valence electrons. The monoisotopic (exact) mass is 317 g/mol. The highest BCUT2D eigenvalue weighted by Crippen LogP contribution is 2.24. The summed E-state index contributed by atoms with van der Waals surface area (Å²) >= 11 is 3.38. The molecule has 0 aliphatic carbocycles. The van der Waals surface area contributed by atoms with Gasteiger partial charge in [-0.15, -0.1) is 0 Å². The van der Waals surface area contributed by atoms with Crippen LogP contribution in [0.25, 0.3) is 0 Å². The van der Waals surface area contributed by atoms with Crippen LogP contribution in [0.15, 0.2) is 22.7 Å². The zero-order valence-corrected chi connectivity index (χ0v) is 12.7. The molecule has 0 spiro atoms. The van der Waals surface area contributed by atoms with Crippen LogP contribution in [-0.4, -0.2) is 23.3 Å². The van der Waals surface area contributed by atoms with E-state index in [9.17, 15) is 9.50 Å². The van der Waals surface area contributed by atoms with Crippen molar-refractivity contribution in [3.63, 3.8) is 0 Å². The molecule has 0 fully saturated rings. The van der Waals surface area contributed by atoms with Crippen LogP contribution < -0.4 is 5.32 Å². The van der Waals surface area contributed by atoms with Gasteiger partial charge < -0.3 is 10.4 Å². The minimum Gasteiger partial charge on any atom is -0.390 e. The summed E-state index contributed by atoms with van der Waals surface area (Å²) < 4.78 is 14.0. The maximum absolute atomic E-state index is 13.2. The average Bonchev–Trinajstić information content (AvgIpc) is 2.22. The van der Waals surface area contributed by atoms with Crippen LogP contribution in [0.3, 0.4) is 0 Å². The Morgan fingerprint density at radius 1 is 1.44 bits per heavy atom. The molecule has 1 aromatic rings. The Morgan fingerprint density at radius 3 is 2.72 bits per heavy atom. The van der Waals surface area contributed by atoms with Gasteiger partial charge in [0.15, 0.2) is 0 Å². The van der Waals surface area contributed by atoms with Crippen LogP contribution in [0, 0.1) is 5.82 Å². The summed E-state index contributed by atoms with van der Waals surface area (Å²) in [6, 6.07) is 4.95. The lowest BCUT2D eigenvalue weighted by Crippen LogP contribution is -2.34. The molecule has 2 nitrogen and oxygen atoms in total. The zero-order chi connectivity index (χ0) is 13.8. The predicted octanol–water partition coefficient (Wildman–Crippen LogP) is 3.27. The van der Waals surface area contributed by atoms with E-state index < -0.39 is 5.60 Å². The Bertz CT molecular complexity index is 393. The molecular weight excluding hydrogens is 297 g/mol. The van der Waals surface area contributed by atoms with Crippen LogP contribution >= 0.6 is 15.9 Å². The molecule has 0 radical (unpaired) electrons. The molecule has 0 heterocycles. The minimum atomic E-state index is -0.835. The Balaban J connectivity index is 2.61. The topological polar surface area (TPSA) is 32.3 Å². The summed E-state index contributed by atoms with van der Waals surface area (Å²) in [7, 11) is 0. The molecule has 0 aliphatic heterocycles. The summed E-state index contributed by atoms with van der Waals surface area (Å²) in [4.78, 5) is 0. The lowest BCUT2D eigenvalue weighted by molar-refractivity contribution is 0.0509. The van der Waals surface area contributed by atoms with Gasteiger partial charge in [0, 0.05) is 16.9 Å². The predicted molar refractivity (Wildman–Crippen MR) is 76.2 cm³/mol. The van der Waals surface area contributed by atoms with Gasteiger partial charge in [-0.05, 0) is 43.7 Å². The van der Waals surface area contributed by atoms with Crippen LogP contribution in [-0.2, 0) is 6.42 Å². The summed E-state index contributed by atoms with van der Waals surface area (Å²) in [5, 5.41) is 13.6. The number of hydrogen-bond donors (Lipinski definition) is 2. The molecule has 0 aromatic heterocycles. The summed E-state index contributed by atoms with van der Waals surface area (Å²) in [5.74, 6) is -0.274. The second kappa shape index (κ2) is 6.64. The van der Waals surface area contributed by atoms with Gasteiger partial charge >= 0.3 is 0 Å². The number of aliphatic hydroxyl groups is 1. The fourth-order valence-corrected chi connectivity index (χ4v) is 2.19. The minimum absolute atomic E-state index is 0.274. The van der Waals surface area contributed by atoms with Crippen molar-refractivity contribution in [2.45, 2.75) is 45.3 Å². The van der Waals surface area contributed by atoms with Crippen molar-refractivity contribution in [1.82, 2.24) is 5.32 Å². The number of halogens is 2. The number of nitrogens with one attached hydrogen (secondary N) is 1. The third-order valence-electron chi connectivity index (χ3n) is 2.80. The summed E-state index contributed by atoms with van der Waals surface area (Å²) in [6.07, 6.45) is 1.07. The van der Waals surface area contributed by atoms with Crippen LogP contribution in [0.2, 0.25) is 0 Å². The molecule has 0 amide bonds. The van der Waals surface area contributed by atoms with Crippen LogP contribution in [0.1, 0.15) is 32.8 Å². The lowest BCUT2D eigenvalue weighted by atomic mass is 9.93. The molecule has 2 N–H and O–H groups in total. The van der Waals surface area contributed by atoms with E-state index in [1.54, 1.807) is 13.0 Å². The molecule has 0 bridgehead atoms. The highest BCUT2D eigenvalue weighted by atomic mass is 79.9. The highest BCUT2D eigenvalue weighted by Gasteiger charge is 2.22. The normalized spacial score (nSPS) is 14.8. The molecule has 0 saturated carbocycles. The van der Waals surface area contributed by atoms with Crippen molar-refractivity contribution in [2.24, 2.45) is 0 Å². The van der Waals surface area contributed by atoms with Gasteiger partial charge in [0.05, 0.1) is 5.60 Å². The fourth-order valence-electron chi connectivity index (χ4n) is 1.81. The van der Waals surface area contributed by atoms with Gasteiger partial charge in [-0.25, -0.2) is 4.39 Å². The quantitative estimate of drug-likeness (QED) is 0.844. The Morgan fingerprint density at radius 2 is 2.11 bits per heavy atom. The van der Waals surface area contributed by atoms with Crippen LogP contribution in [0.5, 0.6) is 0 Å². The van der Waals surface area contributed by atoms with E-state index in [0.717, 1.165) is 16.6 Å². The van der Waals surface area contributed by atoms with Gasteiger partial charge in [0.25, 0.3) is 0 Å². The lowest BCUT2D eigenvalue weighted by Gasteiger charge is -2.24. The zero-order valence-electron chi connectivity index (χ0n) is 11.1. The molecule has 4 heteroatoms. The van der Waals surface area contributed by atoms with Crippen molar-refractivity contribution >= 4 is 15.9 Å². The van der Waals surface area contributed by atoms with E-state index in [1.165, 1.54) is 12.1 Å². The van der Waals surface area contributed by atoms with Gasteiger partial charge in [0.2, 0.25) is 0 Å².